The Morgan fingerprint density at radius 2 is 1.97 bits per heavy atom. The second-order valence-corrected chi connectivity index (χ2v) is 9.91. The lowest BCUT2D eigenvalue weighted by atomic mass is 9.80. The molecule has 1 amide bonds. The molecular formula is C25H27ClN6O. The summed E-state index contributed by atoms with van der Waals surface area (Å²) in [6.45, 7) is 6.83. The first-order chi connectivity index (χ1) is 15.7. The van der Waals surface area contributed by atoms with E-state index >= 15 is 0 Å². The fourth-order valence-electron chi connectivity index (χ4n) is 4.69. The van der Waals surface area contributed by atoms with Crippen LogP contribution in [0.2, 0.25) is 5.02 Å². The van der Waals surface area contributed by atoms with Crippen molar-refractivity contribution in [3.8, 4) is 16.9 Å². The first-order valence-electron chi connectivity index (χ1n) is 11.1. The second kappa shape index (κ2) is 7.92. The Bertz CT molecular complexity index is 1340. The van der Waals surface area contributed by atoms with Gasteiger partial charge in [0.15, 0.2) is 0 Å². The largest absolute Gasteiger partial charge is 0.379 e. The van der Waals surface area contributed by atoms with Gasteiger partial charge in [0.2, 0.25) is 0 Å². The second-order valence-electron chi connectivity index (χ2n) is 9.47. The van der Waals surface area contributed by atoms with Gasteiger partial charge in [0.25, 0.3) is 5.91 Å². The van der Waals surface area contributed by atoms with Crippen LogP contribution in [-0.4, -0.2) is 31.3 Å². The number of fused-ring (bicyclic) bond motifs is 1. The van der Waals surface area contributed by atoms with Crippen LogP contribution >= 0.6 is 11.6 Å². The number of nitrogens with one attached hydrogen (secondary N) is 1. The monoisotopic (exact) mass is 462 g/mol. The molecule has 33 heavy (non-hydrogen) atoms. The molecule has 7 nitrogen and oxygen atoms in total. The molecule has 0 saturated heterocycles. The van der Waals surface area contributed by atoms with Crippen LogP contribution in [0, 0.1) is 11.3 Å². The van der Waals surface area contributed by atoms with Crippen LogP contribution in [-0.2, 0) is 0 Å². The lowest BCUT2D eigenvalue weighted by Gasteiger charge is -2.33. The van der Waals surface area contributed by atoms with Crippen molar-refractivity contribution >= 4 is 28.7 Å². The first-order valence-corrected chi connectivity index (χ1v) is 11.5. The Labute approximate surface area is 197 Å². The number of nitrogens with two attached hydrogens (primary N) is 1. The summed E-state index contributed by atoms with van der Waals surface area (Å²) in [5, 5.41) is 13.5. The lowest BCUT2D eigenvalue weighted by Crippen LogP contribution is -2.35. The molecule has 0 bridgehead atoms. The number of rotatable bonds is 5. The van der Waals surface area contributed by atoms with Crippen molar-refractivity contribution in [3.63, 3.8) is 0 Å². The summed E-state index contributed by atoms with van der Waals surface area (Å²) >= 11 is 6.01. The van der Waals surface area contributed by atoms with Crippen LogP contribution in [0.25, 0.3) is 22.5 Å². The van der Waals surface area contributed by atoms with E-state index < -0.39 is 5.91 Å². The number of aromatic nitrogens is 4. The van der Waals surface area contributed by atoms with Crippen LogP contribution < -0.4 is 11.1 Å². The van der Waals surface area contributed by atoms with Gasteiger partial charge in [0.1, 0.15) is 0 Å². The van der Waals surface area contributed by atoms with E-state index in [0.717, 1.165) is 41.0 Å². The predicted octanol–water partition coefficient (Wildman–Crippen LogP) is 5.18. The standard InChI is InChI=1S/C25H27ClN6O/c1-15-4-9-22(25(15,2)3)29-23-19(24(27)33)13-28-32-14-18(12-21(23)32)31-11-10-20(30-31)16-5-7-17(26)8-6-16/h5-8,10-15,22,29H,4,9H2,1-3H3,(H2,27,33). The van der Waals surface area contributed by atoms with E-state index in [1.807, 2.05) is 48.8 Å². The maximum absolute atomic E-state index is 12.2. The van der Waals surface area contributed by atoms with E-state index in [9.17, 15) is 4.79 Å². The highest BCUT2D eigenvalue weighted by molar-refractivity contribution is 6.30. The van der Waals surface area contributed by atoms with Gasteiger partial charge in [-0.15, -0.1) is 0 Å². The van der Waals surface area contributed by atoms with Crippen molar-refractivity contribution in [2.24, 2.45) is 17.1 Å². The average Bonchev–Trinajstić information content (AvgIpc) is 3.48. The van der Waals surface area contributed by atoms with Gasteiger partial charge >= 0.3 is 0 Å². The van der Waals surface area contributed by atoms with Gasteiger partial charge in [-0.05, 0) is 48.4 Å². The number of anilines is 1. The summed E-state index contributed by atoms with van der Waals surface area (Å²) < 4.78 is 3.56. The highest BCUT2D eigenvalue weighted by Crippen LogP contribution is 2.44. The minimum Gasteiger partial charge on any atom is -0.379 e. The molecule has 170 valence electrons. The molecule has 0 aliphatic heterocycles. The molecule has 1 fully saturated rings. The summed E-state index contributed by atoms with van der Waals surface area (Å²) in [4.78, 5) is 12.2. The maximum Gasteiger partial charge on any atom is 0.252 e. The third kappa shape index (κ3) is 3.76. The molecule has 1 saturated carbocycles. The predicted molar refractivity (Wildman–Crippen MR) is 131 cm³/mol. The molecule has 1 aliphatic carbocycles. The van der Waals surface area contributed by atoms with E-state index in [4.69, 9.17) is 22.4 Å². The minimum absolute atomic E-state index is 0.0973. The van der Waals surface area contributed by atoms with Crippen molar-refractivity contribution in [3.05, 3.63) is 65.6 Å². The van der Waals surface area contributed by atoms with Gasteiger partial charge in [-0.2, -0.15) is 10.2 Å². The van der Waals surface area contributed by atoms with E-state index in [1.54, 1.807) is 9.20 Å². The Morgan fingerprint density at radius 1 is 1.21 bits per heavy atom. The summed E-state index contributed by atoms with van der Waals surface area (Å²) in [5.74, 6) is 0.0887. The van der Waals surface area contributed by atoms with E-state index in [0.29, 0.717) is 16.5 Å². The molecule has 3 heterocycles. The van der Waals surface area contributed by atoms with Crippen LogP contribution in [0.4, 0.5) is 5.69 Å². The van der Waals surface area contributed by atoms with Crippen LogP contribution in [0.5, 0.6) is 0 Å². The first kappa shape index (κ1) is 21.5. The number of hydrogen-bond donors (Lipinski definition) is 2. The highest BCUT2D eigenvalue weighted by atomic mass is 35.5. The third-order valence-electron chi connectivity index (χ3n) is 7.26. The quantitative estimate of drug-likeness (QED) is 0.427. The van der Waals surface area contributed by atoms with Gasteiger partial charge in [-0.1, -0.05) is 44.5 Å². The fraction of sp³-hybridized carbons (Fsp3) is 0.320. The topological polar surface area (TPSA) is 90.2 Å². The number of nitrogens with zero attached hydrogens (tertiary/aromatic N) is 4. The zero-order valence-corrected chi connectivity index (χ0v) is 19.7. The number of halogens is 1. The minimum atomic E-state index is -0.497. The Kier molecular flexibility index (Phi) is 5.16. The molecule has 3 N–H and O–H groups in total. The normalized spacial score (nSPS) is 19.8. The van der Waals surface area contributed by atoms with E-state index in [-0.39, 0.29) is 11.5 Å². The molecule has 0 radical (unpaired) electrons. The SMILES string of the molecule is CC1CCC(Nc2c(C(N)=O)cnn3cc(-n4ccc(-c5ccc(Cl)cc5)n4)cc23)C1(C)C. The van der Waals surface area contributed by atoms with Crippen molar-refractivity contribution in [2.75, 3.05) is 5.32 Å². The van der Waals surface area contributed by atoms with Crippen molar-refractivity contribution in [2.45, 2.75) is 39.7 Å². The summed E-state index contributed by atoms with van der Waals surface area (Å²) in [6.07, 6.45) is 7.52. The fourth-order valence-corrected chi connectivity index (χ4v) is 4.81. The van der Waals surface area contributed by atoms with Crippen molar-refractivity contribution < 1.29 is 4.79 Å². The molecule has 0 spiro atoms. The lowest BCUT2D eigenvalue weighted by molar-refractivity contribution is 0.100. The van der Waals surface area contributed by atoms with E-state index in [1.165, 1.54) is 6.20 Å². The third-order valence-corrected chi connectivity index (χ3v) is 7.51. The summed E-state index contributed by atoms with van der Waals surface area (Å²) in [6, 6.07) is 11.7. The molecular weight excluding hydrogens is 436 g/mol. The summed E-state index contributed by atoms with van der Waals surface area (Å²) in [7, 11) is 0. The molecule has 8 heteroatoms. The van der Waals surface area contributed by atoms with Gasteiger partial charge in [0.05, 0.1) is 40.5 Å². The molecule has 4 aromatic rings. The van der Waals surface area contributed by atoms with Gasteiger partial charge in [-0.25, -0.2) is 9.20 Å². The zero-order chi connectivity index (χ0) is 23.3. The molecule has 2 atom stereocenters. The Morgan fingerprint density at radius 3 is 2.64 bits per heavy atom. The molecule has 3 aromatic heterocycles. The van der Waals surface area contributed by atoms with Crippen molar-refractivity contribution in [1.29, 1.82) is 0 Å². The smallest absolute Gasteiger partial charge is 0.252 e. The van der Waals surface area contributed by atoms with Crippen LogP contribution in [0.1, 0.15) is 44.0 Å². The van der Waals surface area contributed by atoms with Crippen LogP contribution in [0.15, 0.2) is 55.0 Å². The Balaban J connectivity index is 1.55. The van der Waals surface area contributed by atoms with Gasteiger partial charge in [0, 0.05) is 22.8 Å². The number of carbonyl (C=O) groups excluding carboxylic acids is 1. The van der Waals surface area contributed by atoms with Crippen molar-refractivity contribution in [1.82, 2.24) is 19.4 Å². The molecule has 2 unspecified atom stereocenters. The number of primary amides is 1. The number of amides is 1. The Hall–Kier alpha value is -3.32. The number of hydrogen-bond acceptors (Lipinski definition) is 4. The average molecular weight is 463 g/mol. The summed E-state index contributed by atoms with van der Waals surface area (Å²) in [5.41, 5.74) is 10.4. The van der Waals surface area contributed by atoms with E-state index in [2.05, 4.69) is 31.2 Å². The maximum atomic E-state index is 12.2. The van der Waals surface area contributed by atoms with Crippen LogP contribution in [0.3, 0.4) is 0 Å². The number of benzene rings is 1. The zero-order valence-electron chi connectivity index (χ0n) is 18.9. The number of carbonyl (C=O) groups is 1. The molecule has 5 rings (SSSR count). The van der Waals surface area contributed by atoms with Gasteiger partial charge in [-0.3, -0.25) is 4.79 Å². The van der Waals surface area contributed by atoms with Gasteiger partial charge < -0.3 is 11.1 Å². The highest BCUT2D eigenvalue weighted by Gasteiger charge is 2.41. The molecule has 1 aliphatic rings. The molecule has 1 aromatic carbocycles.